The summed E-state index contributed by atoms with van der Waals surface area (Å²) in [6.07, 6.45) is 7.33. The number of fused-ring (bicyclic) bond motifs is 7. The van der Waals surface area contributed by atoms with E-state index >= 15 is 0 Å². The van der Waals surface area contributed by atoms with Crippen molar-refractivity contribution in [1.29, 1.82) is 0 Å². The van der Waals surface area contributed by atoms with E-state index in [0.717, 1.165) is 74.5 Å². The van der Waals surface area contributed by atoms with Crippen molar-refractivity contribution < 1.29 is 23.2 Å². The summed E-state index contributed by atoms with van der Waals surface area (Å²) < 4.78 is 35.5. The van der Waals surface area contributed by atoms with Gasteiger partial charge in [-0.3, -0.25) is 9.52 Å². The molecule has 5 aliphatic rings. The Morgan fingerprint density at radius 1 is 1.14 bits per heavy atom. The van der Waals surface area contributed by atoms with Crippen LogP contribution in [-0.2, 0) is 31.0 Å². The Kier molecular flexibility index (Phi) is 7.48. The average molecular weight is 613 g/mol. The highest BCUT2D eigenvalue weighted by atomic mass is 35.5. The summed E-state index contributed by atoms with van der Waals surface area (Å²) in [5.41, 5.74) is 3.82. The first-order valence-electron chi connectivity index (χ1n) is 15.4. The van der Waals surface area contributed by atoms with E-state index in [-0.39, 0.29) is 30.1 Å². The molecule has 1 spiro atoms. The highest BCUT2D eigenvalue weighted by molar-refractivity contribution is 7.99. The Morgan fingerprint density at radius 2 is 2.02 bits per heavy atom. The van der Waals surface area contributed by atoms with Crippen LogP contribution in [-0.4, -0.2) is 66.4 Å². The van der Waals surface area contributed by atoms with Gasteiger partial charge in [-0.1, -0.05) is 17.7 Å². The third-order valence-corrected chi connectivity index (χ3v) is 12.7. The van der Waals surface area contributed by atoms with Crippen LogP contribution >= 0.6 is 11.6 Å². The van der Waals surface area contributed by atoms with Crippen LogP contribution in [0.25, 0.3) is 0 Å². The minimum atomic E-state index is -2.93. The van der Waals surface area contributed by atoms with Gasteiger partial charge in [0.05, 0.1) is 46.1 Å². The summed E-state index contributed by atoms with van der Waals surface area (Å²) in [6.45, 7) is 5.03. The van der Waals surface area contributed by atoms with Gasteiger partial charge in [-0.05, 0) is 105 Å². The number of aryl methyl sites for hydroxylation is 1. The third-order valence-electron chi connectivity index (χ3n) is 10.5. The van der Waals surface area contributed by atoms with Gasteiger partial charge in [0, 0.05) is 42.1 Å². The molecule has 1 N–H and O–H groups in total. The molecule has 2 aliphatic carbocycles. The van der Waals surface area contributed by atoms with E-state index in [1.165, 1.54) is 11.1 Å². The molecule has 2 fully saturated rings. The molecule has 7 atom stereocenters. The molecular formula is C33H41ClN2O5S. The second-order valence-corrected chi connectivity index (χ2v) is 16.0. The van der Waals surface area contributed by atoms with Crippen molar-refractivity contribution in [1.82, 2.24) is 4.72 Å². The lowest BCUT2D eigenvalue weighted by atomic mass is 9.67. The number of halogens is 1. The van der Waals surface area contributed by atoms with Crippen LogP contribution in [0.2, 0.25) is 5.02 Å². The van der Waals surface area contributed by atoms with Crippen molar-refractivity contribution in [2.45, 2.75) is 74.7 Å². The quantitative estimate of drug-likeness (QED) is 0.414. The Labute approximate surface area is 254 Å². The predicted molar refractivity (Wildman–Crippen MR) is 167 cm³/mol. The van der Waals surface area contributed by atoms with Crippen LogP contribution < -0.4 is 14.4 Å². The van der Waals surface area contributed by atoms with Crippen LogP contribution in [0.1, 0.15) is 66.9 Å². The van der Waals surface area contributed by atoms with Gasteiger partial charge in [-0.25, -0.2) is 4.21 Å². The van der Waals surface area contributed by atoms with Crippen molar-refractivity contribution in [3.63, 3.8) is 0 Å². The Balaban J connectivity index is 1.29. The van der Waals surface area contributed by atoms with Gasteiger partial charge in [0.15, 0.2) is 0 Å². The zero-order valence-corrected chi connectivity index (χ0v) is 25.9. The minimum Gasteiger partial charge on any atom is -0.490 e. The van der Waals surface area contributed by atoms with Crippen molar-refractivity contribution in [2.24, 2.45) is 11.8 Å². The molecule has 42 heavy (non-hydrogen) atoms. The first-order chi connectivity index (χ1) is 20.2. The highest BCUT2D eigenvalue weighted by Gasteiger charge is 2.45. The normalized spacial score (nSPS) is 36.5. The van der Waals surface area contributed by atoms with Gasteiger partial charge < -0.3 is 19.1 Å². The van der Waals surface area contributed by atoms with Crippen LogP contribution in [0, 0.1) is 11.8 Å². The Morgan fingerprint density at radius 3 is 2.86 bits per heavy atom. The fraction of sp³-hybridized carbons (Fsp3) is 0.576. The lowest BCUT2D eigenvalue weighted by Crippen LogP contribution is -2.51. The summed E-state index contributed by atoms with van der Waals surface area (Å²) in [4.78, 5) is 15.9. The number of carbonyl (C=O) groups is 1. The number of hydrogen-bond donors (Lipinski definition) is 1. The monoisotopic (exact) mass is 612 g/mol. The zero-order valence-electron chi connectivity index (χ0n) is 24.3. The molecule has 0 radical (unpaired) electrons. The number of nitrogens with one attached hydrogen (secondary N) is 1. The van der Waals surface area contributed by atoms with E-state index in [4.69, 9.17) is 25.8 Å². The molecule has 1 amide bonds. The number of ether oxygens (including phenoxy) is 3. The number of rotatable bonds is 0. The zero-order chi connectivity index (χ0) is 29.1. The molecule has 4 bridgehead atoms. The summed E-state index contributed by atoms with van der Waals surface area (Å²) in [6, 6.07) is 11.9. The molecule has 7 rings (SSSR count). The number of amides is 1. The number of hydrogen-bond acceptors (Lipinski definition) is 6. The van der Waals surface area contributed by atoms with Crippen molar-refractivity contribution >= 4 is 38.8 Å². The molecule has 1 unspecified atom stereocenters. The maximum atomic E-state index is 13.5. The SMILES string of the molecule is C=S1(=O)NC(=O)c2ccc3c(c2)N(C[C@@H]2CC[C@H]2[C@H]2C[C@@H](CCO2)OC[C@@H]1C)C[C@@]1(CCCc2cc(Cl)ccc21)CO3. The number of nitrogens with zero attached hydrogens (tertiary/aromatic N) is 1. The van der Waals surface area contributed by atoms with Gasteiger partial charge >= 0.3 is 0 Å². The molecule has 9 heteroatoms. The summed E-state index contributed by atoms with van der Waals surface area (Å²) in [7, 11) is -2.93. The summed E-state index contributed by atoms with van der Waals surface area (Å²) >= 11 is 6.42. The molecule has 1 saturated heterocycles. The van der Waals surface area contributed by atoms with E-state index in [9.17, 15) is 9.00 Å². The van der Waals surface area contributed by atoms with E-state index < -0.39 is 15.0 Å². The van der Waals surface area contributed by atoms with Gasteiger partial charge in [-0.15, -0.1) is 0 Å². The number of carbonyl (C=O) groups excluding carboxylic acids is 1. The Bertz CT molecular complexity index is 1480. The van der Waals surface area contributed by atoms with E-state index in [1.807, 2.05) is 25.1 Å². The first-order valence-corrected chi connectivity index (χ1v) is 17.6. The lowest BCUT2D eigenvalue weighted by Gasteiger charge is -2.48. The largest absolute Gasteiger partial charge is 0.490 e. The van der Waals surface area contributed by atoms with Gasteiger partial charge in [0.1, 0.15) is 5.75 Å². The van der Waals surface area contributed by atoms with Crippen LogP contribution in [0.4, 0.5) is 5.69 Å². The van der Waals surface area contributed by atoms with Gasteiger partial charge in [-0.2, -0.15) is 0 Å². The smallest absolute Gasteiger partial charge is 0.262 e. The maximum absolute atomic E-state index is 13.5. The summed E-state index contributed by atoms with van der Waals surface area (Å²) in [5.74, 6) is 5.26. The average Bonchev–Trinajstić information content (AvgIpc) is 3.10. The molecule has 2 aromatic rings. The predicted octanol–water partition coefficient (Wildman–Crippen LogP) is 5.17. The van der Waals surface area contributed by atoms with E-state index in [2.05, 4.69) is 27.6 Å². The van der Waals surface area contributed by atoms with Crippen LogP contribution in [0.15, 0.2) is 36.4 Å². The molecule has 3 heterocycles. The van der Waals surface area contributed by atoms with Crippen LogP contribution in [0.5, 0.6) is 5.75 Å². The molecule has 2 aromatic carbocycles. The molecular weight excluding hydrogens is 572 g/mol. The molecule has 0 aromatic heterocycles. The number of anilines is 1. The first kappa shape index (κ1) is 28.5. The van der Waals surface area contributed by atoms with Gasteiger partial charge in [0.25, 0.3) is 5.91 Å². The second-order valence-electron chi connectivity index (χ2n) is 13.1. The maximum Gasteiger partial charge on any atom is 0.262 e. The second kappa shape index (κ2) is 11.0. The molecule has 226 valence electrons. The molecule has 3 aliphatic heterocycles. The topological polar surface area (TPSA) is 77.1 Å². The summed E-state index contributed by atoms with van der Waals surface area (Å²) in [5, 5.41) is 0.347. The fourth-order valence-corrected chi connectivity index (χ4v) is 8.92. The Hall–Kier alpha value is -2.26. The van der Waals surface area contributed by atoms with Crippen molar-refractivity contribution in [3.05, 3.63) is 58.1 Å². The molecule has 7 nitrogen and oxygen atoms in total. The lowest BCUT2D eigenvalue weighted by molar-refractivity contribution is -0.116. The minimum absolute atomic E-state index is 0.0611. The third kappa shape index (κ3) is 5.23. The van der Waals surface area contributed by atoms with Crippen LogP contribution in [0.3, 0.4) is 0 Å². The standard InChI is InChI=1S/C33H41ClN2O5S/c1-21-18-40-26-11-13-39-31(16-26)27-8-5-24(27)17-36-19-33(12-3-4-22-14-25(34)7-9-28(22)33)20-41-30-10-6-23(15-29(30)36)32(37)35-42(21,2)38/h6-7,9-10,14-15,21,24,26-27,31H,2-5,8,11-13,16-20H2,1H3,(H,35,37,38)/t21-,24-,26+,27+,31+,33-,42?/m0/s1. The van der Waals surface area contributed by atoms with Gasteiger partial charge in [0.2, 0.25) is 0 Å². The van der Waals surface area contributed by atoms with E-state index in [1.54, 1.807) is 6.07 Å². The molecule has 1 saturated carbocycles. The fourth-order valence-electron chi connectivity index (χ4n) is 7.79. The highest BCUT2D eigenvalue weighted by Crippen LogP contribution is 2.47. The van der Waals surface area contributed by atoms with Crippen molar-refractivity contribution in [3.8, 4) is 5.75 Å². The van der Waals surface area contributed by atoms with E-state index in [0.29, 0.717) is 30.6 Å². The number of benzene rings is 2. The van der Waals surface area contributed by atoms with Crippen molar-refractivity contribution in [2.75, 3.05) is 37.8 Å².